The van der Waals surface area contributed by atoms with Crippen molar-refractivity contribution in [3.63, 3.8) is 0 Å². The molecule has 2 aromatic heterocycles. The first-order valence-electron chi connectivity index (χ1n) is 4.87. The second kappa shape index (κ2) is 5.00. The van der Waals surface area contributed by atoms with E-state index in [-0.39, 0.29) is 6.61 Å². The van der Waals surface area contributed by atoms with E-state index in [4.69, 9.17) is 5.11 Å². The van der Waals surface area contributed by atoms with Gasteiger partial charge in [0.25, 0.3) is 0 Å². The van der Waals surface area contributed by atoms with Crippen LogP contribution in [0.15, 0.2) is 30.6 Å². The number of hydrogen-bond donors (Lipinski definition) is 1. The number of nitrogens with zero attached hydrogens (tertiary/aromatic N) is 2. The Morgan fingerprint density at radius 1 is 1.20 bits per heavy atom. The summed E-state index contributed by atoms with van der Waals surface area (Å²) in [6.07, 6.45) is 5.23. The van der Waals surface area contributed by atoms with Crippen LogP contribution in [0, 0.1) is 0 Å². The van der Waals surface area contributed by atoms with Crippen molar-refractivity contribution >= 4 is 11.3 Å². The van der Waals surface area contributed by atoms with Crippen molar-refractivity contribution in [1.82, 2.24) is 9.97 Å². The molecule has 0 fully saturated rings. The van der Waals surface area contributed by atoms with Crippen molar-refractivity contribution in [2.24, 2.45) is 0 Å². The zero-order valence-corrected chi connectivity index (χ0v) is 9.07. The third-order valence-corrected chi connectivity index (χ3v) is 3.17. The minimum Gasteiger partial charge on any atom is -0.396 e. The van der Waals surface area contributed by atoms with E-state index in [0.717, 1.165) is 23.5 Å². The molecular formula is C11H12N2OS. The molecule has 0 bridgehead atoms. The first-order chi connectivity index (χ1) is 7.40. The largest absolute Gasteiger partial charge is 0.396 e. The molecule has 1 N–H and O–H groups in total. The van der Waals surface area contributed by atoms with Gasteiger partial charge in [-0.15, -0.1) is 11.3 Å². The van der Waals surface area contributed by atoms with Crippen molar-refractivity contribution in [2.75, 3.05) is 6.61 Å². The molecule has 0 spiro atoms. The summed E-state index contributed by atoms with van der Waals surface area (Å²) in [5.74, 6) is 0.776. The molecule has 0 unspecified atom stereocenters. The maximum Gasteiger partial charge on any atom is 0.169 e. The van der Waals surface area contributed by atoms with Gasteiger partial charge in [-0.05, 0) is 31.0 Å². The third kappa shape index (κ3) is 2.61. The zero-order chi connectivity index (χ0) is 10.5. The summed E-state index contributed by atoms with van der Waals surface area (Å²) in [5, 5.41) is 8.73. The van der Waals surface area contributed by atoms with E-state index < -0.39 is 0 Å². The molecule has 3 nitrogen and oxygen atoms in total. The van der Waals surface area contributed by atoms with Crippen LogP contribution in [0.5, 0.6) is 0 Å². The number of hydrogen-bond acceptors (Lipinski definition) is 4. The van der Waals surface area contributed by atoms with E-state index in [0.29, 0.717) is 0 Å². The van der Waals surface area contributed by atoms with Gasteiger partial charge in [0.15, 0.2) is 5.82 Å². The SMILES string of the molecule is OCCCc1ccc(-c2ncccn2)s1. The molecule has 0 aliphatic heterocycles. The Bertz CT molecular complexity index is 414. The highest BCUT2D eigenvalue weighted by atomic mass is 32.1. The van der Waals surface area contributed by atoms with Crippen LogP contribution >= 0.6 is 11.3 Å². The Morgan fingerprint density at radius 3 is 2.73 bits per heavy atom. The van der Waals surface area contributed by atoms with Crippen LogP contribution in [-0.2, 0) is 6.42 Å². The summed E-state index contributed by atoms with van der Waals surface area (Å²) in [6, 6.07) is 5.92. The highest BCUT2D eigenvalue weighted by Crippen LogP contribution is 2.25. The third-order valence-electron chi connectivity index (χ3n) is 2.03. The number of thiophene rings is 1. The molecule has 78 valence electrons. The van der Waals surface area contributed by atoms with Gasteiger partial charge in [0.1, 0.15) is 0 Å². The van der Waals surface area contributed by atoms with E-state index in [1.807, 2.05) is 12.1 Å². The Kier molecular flexibility index (Phi) is 3.42. The van der Waals surface area contributed by atoms with Gasteiger partial charge in [-0.1, -0.05) is 0 Å². The molecule has 15 heavy (non-hydrogen) atoms. The highest BCUT2D eigenvalue weighted by molar-refractivity contribution is 7.15. The molecule has 0 atom stereocenters. The first kappa shape index (κ1) is 10.3. The molecule has 2 rings (SSSR count). The predicted octanol–water partition coefficient (Wildman–Crippen LogP) is 2.13. The summed E-state index contributed by atoms with van der Waals surface area (Å²) in [7, 11) is 0. The summed E-state index contributed by atoms with van der Waals surface area (Å²) in [6.45, 7) is 0.245. The van der Waals surface area contributed by atoms with Gasteiger partial charge in [0.2, 0.25) is 0 Å². The number of aryl methyl sites for hydroxylation is 1. The van der Waals surface area contributed by atoms with Crippen LogP contribution in [0.4, 0.5) is 0 Å². The molecule has 0 amide bonds. The van der Waals surface area contributed by atoms with Gasteiger partial charge in [-0.2, -0.15) is 0 Å². The lowest BCUT2D eigenvalue weighted by atomic mass is 10.3. The van der Waals surface area contributed by atoms with Crippen LogP contribution in [0.2, 0.25) is 0 Å². The maximum atomic E-state index is 8.73. The van der Waals surface area contributed by atoms with Gasteiger partial charge in [-0.25, -0.2) is 9.97 Å². The lowest BCUT2D eigenvalue weighted by Crippen LogP contribution is -1.85. The molecule has 0 saturated carbocycles. The molecule has 0 radical (unpaired) electrons. The van der Waals surface area contributed by atoms with E-state index in [2.05, 4.69) is 16.0 Å². The minimum absolute atomic E-state index is 0.245. The van der Waals surface area contributed by atoms with Crippen molar-refractivity contribution < 1.29 is 5.11 Å². The Morgan fingerprint density at radius 2 is 2.00 bits per heavy atom. The summed E-state index contributed by atoms with van der Waals surface area (Å²) >= 11 is 1.69. The fourth-order valence-electron chi connectivity index (χ4n) is 1.31. The summed E-state index contributed by atoms with van der Waals surface area (Å²) in [4.78, 5) is 10.7. The Balaban J connectivity index is 2.14. The number of aliphatic hydroxyl groups excluding tert-OH is 1. The monoisotopic (exact) mass is 220 g/mol. The molecule has 0 saturated heterocycles. The van der Waals surface area contributed by atoms with Gasteiger partial charge >= 0.3 is 0 Å². The van der Waals surface area contributed by atoms with Crippen molar-refractivity contribution in [3.05, 3.63) is 35.5 Å². The normalized spacial score (nSPS) is 10.5. The average Bonchev–Trinajstić information content (AvgIpc) is 2.76. The quantitative estimate of drug-likeness (QED) is 0.858. The predicted molar refractivity (Wildman–Crippen MR) is 60.8 cm³/mol. The van der Waals surface area contributed by atoms with Gasteiger partial charge in [0, 0.05) is 23.9 Å². The molecule has 0 aromatic carbocycles. The highest BCUT2D eigenvalue weighted by Gasteiger charge is 2.04. The zero-order valence-electron chi connectivity index (χ0n) is 8.26. The second-order valence-corrected chi connectivity index (χ2v) is 4.33. The van der Waals surface area contributed by atoms with Crippen LogP contribution < -0.4 is 0 Å². The van der Waals surface area contributed by atoms with Crippen LogP contribution in [0.3, 0.4) is 0 Å². The molecule has 0 aliphatic carbocycles. The fourth-order valence-corrected chi connectivity index (χ4v) is 2.31. The number of rotatable bonds is 4. The molecular weight excluding hydrogens is 208 g/mol. The van der Waals surface area contributed by atoms with Crippen LogP contribution in [-0.4, -0.2) is 21.7 Å². The van der Waals surface area contributed by atoms with Crippen LogP contribution in [0.1, 0.15) is 11.3 Å². The van der Waals surface area contributed by atoms with Gasteiger partial charge < -0.3 is 5.11 Å². The van der Waals surface area contributed by atoms with Crippen molar-refractivity contribution in [3.8, 4) is 10.7 Å². The molecule has 2 aromatic rings. The van der Waals surface area contributed by atoms with Crippen molar-refractivity contribution in [2.45, 2.75) is 12.8 Å². The maximum absolute atomic E-state index is 8.73. The topological polar surface area (TPSA) is 46.0 Å². The smallest absolute Gasteiger partial charge is 0.169 e. The van der Waals surface area contributed by atoms with E-state index in [1.165, 1.54) is 4.88 Å². The molecule has 0 aliphatic rings. The van der Waals surface area contributed by atoms with Crippen LogP contribution in [0.25, 0.3) is 10.7 Å². The minimum atomic E-state index is 0.245. The van der Waals surface area contributed by atoms with E-state index in [9.17, 15) is 0 Å². The standard InChI is InChI=1S/C11H12N2OS/c14-8-1-3-9-4-5-10(15-9)11-12-6-2-7-13-11/h2,4-7,14H,1,3,8H2. The number of aliphatic hydroxyl groups is 1. The fraction of sp³-hybridized carbons (Fsp3) is 0.273. The Hall–Kier alpha value is -1.26. The average molecular weight is 220 g/mol. The molecule has 4 heteroatoms. The Labute approximate surface area is 92.5 Å². The summed E-state index contributed by atoms with van der Waals surface area (Å²) in [5.41, 5.74) is 0. The number of aromatic nitrogens is 2. The second-order valence-electron chi connectivity index (χ2n) is 3.17. The first-order valence-corrected chi connectivity index (χ1v) is 5.69. The van der Waals surface area contributed by atoms with Gasteiger partial charge in [0.05, 0.1) is 4.88 Å². The van der Waals surface area contributed by atoms with E-state index in [1.54, 1.807) is 23.7 Å². The lowest BCUT2D eigenvalue weighted by Gasteiger charge is -1.94. The van der Waals surface area contributed by atoms with Gasteiger partial charge in [-0.3, -0.25) is 0 Å². The van der Waals surface area contributed by atoms with E-state index >= 15 is 0 Å². The lowest BCUT2D eigenvalue weighted by molar-refractivity contribution is 0.289. The summed E-state index contributed by atoms with van der Waals surface area (Å²) < 4.78 is 0. The van der Waals surface area contributed by atoms with Crippen molar-refractivity contribution in [1.29, 1.82) is 0 Å². The molecule has 2 heterocycles.